The molecule has 0 aliphatic rings. The van der Waals surface area contributed by atoms with Crippen molar-refractivity contribution in [2.24, 2.45) is 7.05 Å². The van der Waals surface area contributed by atoms with E-state index in [9.17, 15) is 4.79 Å². The van der Waals surface area contributed by atoms with Crippen LogP contribution in [0, 0.1) is 6.92 Å². The van der Waals surface area contributed by atoms with Gasteiger partial charge in [-0.1, -0.05) is 25.5 Å². The number of anilines is 1. The second-order valence-corrected chi connectivity index (χ2v) is 5.53. The van der Waals surface area contributed by atoms with Gasteiger partial charge in [-0.05, 0) is 36.6 Å². The molecule has 1 amide bonds. The van der Waals surface area contributed by atoms with E-state index in [4.69, 9.17) is 4.74 Å². The standard InChI is InChI=1S/C18H24N2O2/c1-5-6-7-16(21)19-18-17(13(2)12-20(18)3)14-8-10-15(22-4)11-9-14/h8-12H,5-7H2,1-4H3,(H,19,21). The molecule has 0 saturated carbocycles. The molecule has 0 fully saturated rings. The van der Waals surface area contributed by atoms with Crippen LogP contribution in [0.1, 0.15) is 31.7 Å². The Labute approximate surface area is 132 Å². The molecule has 0 bridgehead atoms. The minimum Gasteiger partial charge on any atom is -0.497 e. The highest BCUT2D eigenvalue weighted by Gasteiger charge is 2.15. The van der Waals surface area contributed by atoms with Crippen LogP contribution in [0.4, 0.5) is 5.82 Å². The van der Waals surface area contributed by atoms with Gasteiger partial charge in [0.15, 0.2) is 0 Å². The van der Waals surface area contributed by atoms with E-state index >= 15 is 0 Å². The number of nitrogens with zero attached hydrogens (tertiary/aromatic N) is 1. The maximum atomic E-state index is 12.1. The number of benzene rings is 1. The Morgan fingerprint density at radius 1 is 1.27 bits per heavy atom. The van der Waals surface area contributed by atoms with Gasteiger partial charge in [0.25, 0.3) is 0 Å². The number of carbonyl (C=O) groups is 1. The van der Waals surface area contributed by atoms with Crippen molar-refractivity contribution in [1.82, 2.24) is 4.57 Å². The number of amides is 1. The van der Waals surface area contributed by atoms with Crippen LogP contribution in [-0.4, -0.2) is 17.6 Å². The first-order valence-corrected chi connectivity index (χ1v) is 7.67. The summed E-state index contributed by atoms with van der Waals surface area (Å²) in [6, 6.07) is 7.90. The summed E-state index contributed by atoms with van der Waals surface area (Å²) < 4.78 is 7.18. The number of carbonyl (C=O) groups excluding carboxylic acids is 1. The Hall–Kier alpha value is -2.23. The summed E-state index contributed by atoms with van der Waals surface area (Å²) in [5.41, 5.74) is 3.28. The van der Waals surface area contributed by atoms with Crippen LogP contribution in [0.3, 0.4) is 0 Å². The Morgan fingerprint density at radius 2 is 1.95 bits per heavy atom. The third-order valence-electron chi connectivity index (χ3n) is 3.77. The van der Waals surface area contributed by atoms with Crippen molar-refractivity contribution >= 4 is 11.7 Å². The monoisotopic (exact) mass is 300 g/mol. The predicted octanol–water partition coefficient (Wildman–Crippen LogP) is 4.14. The molecule has 0 unspecified atom stereocenters. The first-order valence-electron chi connectivity index (χ1n) is 7.67. The van der Waals surface area contributed by atoms with Gasteiger partial charge in [0.2, 0.25) is 5.91 Å². The van der Waals surface area contributed by atoms with Crippen LogP contribution in [0.25, 0.3) is 11.1 Å². The predicted molar refractivity (Wildman–Crippen MR) is 90.3 cm³/mol. The molecular weight excluding hydrogens is 276 g/mol. The molecule has 118 valence electrons. The van der Waals surface area contributed by atoms with E-state index in [1.54, 1.807) is 7.11 Å². The van der Waals surface area contributed by atoms with Crippen molar-refractivity contribution in [2.75, 3.05) is 12.4 Å². The lowest BCUT2D eigenvalue weighted by atomic mass is 10.0. The van der Waals surface area contributed by atoms with Gasteiger partial charge in [-0.15, -0.1) is 0 Å². The molecular formula is C18H24N2O2. The minimum atomic E-state index is 0.0674. The summed E-state index contributed by atoms with van der Waals surface area (Å²) in [4.78, 5) is 12.1. The molecule has 1 aromatic carbocycles. The van der Waals surface area contributed by atoms with Crippen LogP contribution in [0.5, 0.6) is 5.75 Å². The molecule has 22 heavy (non-hydrogen) atoms. The molecule has 4 nitrogen and oxygen atoms in total. The van der Waals surface area contributed by atoms with E-state index in [-0.39, 0.29) is 5.91 Å². The first kappa shape index (κ1) is 16.1. The summed E-state index contributed by atoms with van der Waals surface area (Å²) in [5, 5.41) is 3.05. The van der Waals surface area contributed by atoms with E-state index in [1.165, 1.54) is 0 Å². The fourth-order valence-corrected chi connectivity index (χ4v) is 2.59. The molecule has 0 atom stereocenters. The summed E-state index contributed by atoms with van der Waals surface area (Å²) in [5.74, 6) is 1.74. The second kappa shape index (κ2) is 7.16. The number of hydrogen-bond donors (Lipinski definition) is 1. The Balaban J connectivity index is 2.32. The van der Waals surface area contributed by atoms with Crippen LogP contribution in [0.2, 0.25) is 0 Å². The zero-order chi connectivity index (χ0) is 16.1. The van der Waals surface area contributed by atoms with Crippen molar-refractivity contribution in [3.63, 3.8) is 0 Å². The van der Waals surface area contributed by atoms with E-state index in [2.05, 4.69) is 19.2 Å². The van der Waals surface area contributed by atoms with Gasteiger partial charge in [-0.2, -0.15) is 0 Å². The smallest absolute Gasteiger partial charge is 0.225 e. The molecule has 2 aromatic rings. The average Bonchev–Trinajstić information content (AvgIpc) is 2.79. The highest BCUT2D eigenvalue weighted by atomic mass is 16.5. The van der Waals surface area contributed by atoms with Gasteiger partial charge in [0.1, 0.15) is 11.6 Å². The fraction of sp³-hybridized carbons (Fsp3) is 0.389. The Morgan fingerprint density at radius 3 is 2.55 bits per heavy atom. The van der Waals surface area contributed by atoms with Crippen molar-refractivity contribution in [3.05, 3.63) is 36.0 Å². The van der Waals surface area contributed by atoms with Gasteiger partial charge in [0, 0.05) is 25.2 Å². The number of rotatable bonds is 6. The number of unbranched alkanes of at least 4 members (excludes halogenated alkanes) is 1. The molecule has 4 heteroatoms. The molecule has 1 heterocycles. The lowest BCUT2D eigenvalue weighted by molar-refractivity contribution is -0.116. The van der Waals surface area contributed by atoms with Gasteiger partial charge in [0.05, 0.1) is 7.11 Å². The van der Waals surface area contributed by atoms with Gasteiger partial charge < -0.3 is 14.6 Å². The number of ether oxygens (including phenoxy) is 1. The highest BCUT2D eigenvalue weighted by Crippen LogP contribution is 2.33. The van der Waals surface area contributed by atoms with E-state index < -0.39 is 0 Å². The normalized spacial score (nSPS) is 10.5. The number of nitrogens with one attached hydrogen (secondary N) is 1. The lowest BCUT2D eigenvalue weighted by Crippen LogP contribution is -2.14. The van der Waals surface area contributed by atoms with E-state index in [0.717, 1.165) is 41.1 Å². The van der Waals surface area contributed by atoms with Crippen molar-refractivity contribution < 1.29 is 9.53 Å². The average molecular weight is 300 g/mol. The minimum absolute atomic E-state index is 0.0674. The van der Waals surface area contributed by atoms with Gasteiger partial charge in [-0.25, -0.2) is 0 Å². The lowest BCUT2D eigenvalue weighted by Gasteiger charge is -2.11. The molecule has 0 aliphatic heterocycles. The molecule has 0 spiro atoms. The fourth-order valence-electron chi connectivity index (χ4n) is 2.59. The summed E-state index contributed by atoms with van der Waals surface area (Å²) in [7, 11) is 3.61. The largest absolute Gasteiger partial charge is 0.497 e. The number of methoxy groups -OCH3 is 1. The van der Waals surface area contributed by atoms with Gasteiger partial charge in [-0.3, -0.25) is 4.79 Å². The maximum Gasteiger partial charge on any atom is 0.225 e. The number of aryl methyl sites for hydroxylation is 2. The number of aromatic nitrogens is 1. The Bertz CT molecular complexity index is 642. The van der Waals surface area contributed by atoms with E-state index in [0.29, 0.717) is 6.42 Å². The highest BCUT2D eigenvalue weighted by molar-refractivity contribution is 5.95. The van der Waals surface area contributed by atoms with Crippen molar-refractivity contribution in [1.29, 1.82) is 0 Å². The SMILES string of the molecule is CCCCC(=O)Nc1c(-c2ccc(OC)cc2)c(C)cn1C. The third kappa shape index (κ3) is 3.50. The topological polar surface area (TPSA) is 43.3 Å². The van der Waals surface area contributed by atoms with Crippen LogP contribution < -0.4 is 10.1 Å². The molecule has 0 saturated heterocycles. The zero-order valence-electron chi connectivity index (χ0n) is 13.8. The summed E-state index contributed by atoms with van der Waals surface area (Å²) in [6.45, 7) is 4.14. The third-order valence-corrected chi connectivity index (χ3v) is 3.77. The van der Waals surface area contributed by atoms with E-state index in [1.807, 2.05) is 42.1 Å². The quantitative estimate of drug-likeness (QED) is 0.871. The van der Waals surface area contributed by atoms with Crippen LogP contribution in [-0.2, 0) is 11.8 Å². The first-order chi connectivity index (χ1) is 10.6. The molecule has 1 aromatic heterocycles. The summed E-state index contributed by atoms with van der Waals surface area (Å²) in [6.07, 6.45) is 4.52. The number of hydrogen-bond acceptors (Lipinski definition) is 2. The summed E-state index contributed by atoms with van der Waals surface area (Å²) >= 11 is 0. The van der Waals surface area contributed by atoms with Crippen LogP contribution in [0.15, 0.2) is 30.5 Å². The molecule has 0 aliphatic carbocycles. The Kier molecular flexibility index (Phi) is 5.26. The molecule has 0 radical (unpaired) electrons. The second-order valence-electron chi connectivity index (χ2n) is 5.53. The maximum absolute atomic E-state index is 12.1. The van der Waals surface area contributed by atoms with Crippen molar-refractivity contribution in [2.45, 2.75) is 33.1 Å². The van der Waals surface area contributed by atoms with Crippen LogP contribution >= 0.6 is 0 Å². The molecule has 2 rings (SSSR count). The molecule has 1 N–H and O–H groups in total. The van der Waals surface area contributed by atoms with Crippen molar-refractivity contribution in [3.8, 4) is 16.9 Å². The zero-order valence-corrected chi connectivity index (χ0v) is 13.8. The van der Waals surface area contributed by atoms with Gasteiger partial charge >= 0.3 is 0 Å².